The number of hydrogen-bond acceptors (Lipinski definition) is 5. The molecule has 30 heavy (non-hydrogen) atoms. The smallest absolute Gasteiger partial charge is 0.158 e. The molecule has 7 heteroatoms. The van der Waals surface area contributed by atoms with Crippen LogP contribution in [0.3, 0.4) is 0 Å². The van der Waals surface area contributed by atoms with Crippen molar-refractivity contribution < 1.29 is 4.74 Å². The van der Waals surface area contributed by atoms with Crippen LogP contribution in [0.15, 0.2) is 79.4 Å². The Morgan fingerprint density at radius 1 is 0.867 bits per heavy atom. The first-order valence-corrected chi connectivity index (χ1v) is 10.2. The molecule has 7 nitrogen and oxygen atoms in total. The fourth-order valence-corrected chi connectivity index (χ4v) is 3.98. The van der Waals surface area contributed by atoms with Gasteiger partial charge in [0, 0.05) is 38.2 Å². The lowest BCUT2D eigenvalue weighted by Crippen LogP contribution is -2.41. The normalized spacial score (nSPS) is 15.9. The second kappa shape index (κ2) is 8.61. The average Bonchev–Trinajstić information content (AvgIpc) is 3.48. The minimum Gasteiger partial charge on any atom is -0.379 e. The van der Waals surface area contributed by atoms with Crippen molar-refractivity contribution in [3.8, 4) is 17.2 Å². The van der Waals surface area contributed by atoms with Gasteiger partial charge in [-0.3, -0.25) is 9.88 Å². The summed E-state index contributed by atoms with van der Waals surface area (Å²) in [6, 6.07) is 18.4. The molecule has 0 radical (unpaired) electrons. The molecule has 1 aliphatic heterocycles. The van der Waals surface area contributed by atoms with E-state index < -0.39 is 0 Å². The Bertz CT molecular complexity index is 1070. The zero-order chi connectivity index (χ0) is 20.2. The third-order valence-electron chi connectivity index (χ3n) is 5.47. The first-order chi connectivity index (χ1) is 14.9. The van der Waals surface area contributed by atoms with Crippen LogP contribution >= 0.6 is 0 Å². The van der Waals surface area contributed by atoms with Crippen molar-refractivity contribution in [3.63, 3.8) is 0 Å². The molecule has 0 saturated carbocycles. The molecule has 0 spiro atoms. The Labute approximate surface area is 175 Å². The Balaban J connectivity index is 1.49. The van der Waals surface area contributed by atoms with E-state index >= 15 is 0 Å². The van der Waals surface area contributed by atoms with E-state index in [2.05, 4.69) is 36.7 Å². The van der Waals surface area contributed by atoms with Crippen LogP contribution in [0.25, 0.3) is 17.2 Å². The standard InChI is InChI=1S/C23H24N6O/c1-2-6-19(7-3-1)29-21(9-11-26-29)23-25-12-13-28(23)18-22(20-8-4-5-10-24-20)27-14-16-30-17-15-27/h1-13,22H,14-18H2. The monoisotopic (exact) mass is 400 g/mol. The van der Waals surface area contributed by atoms with E-state index in [1.54, 1.807) is 0 Å². The van der Waals surface area contributed by atoms with Crippen molar-refractivity contribution in [2.24, 2.45) is 0 Å². The van der Waals surface area contributed by atoms with Gasteiger partial charge in [-0.2, -0.15) is 5.10 Å². The lowest BCUT2D eigenvalue weighted by atomic mass is 10.1. The number of rotatable bonds is 6. The molecular formula is C23H24N6O. The summed E-state index contributed by atoms with van der Waals surface area (Å²) >= 11 is 0. The number of nitrogens with zero attached hydrogens (tertiary/aromatic N) is 6. The fraction of sp³-hybridized carbons (Fsp3) is 0.261. The summed E-state index contributed by atoms with van der Waals surface area (Å²) in [5, 5.41) is 4.53. The van der Waals surface area contributed by atoms with Crippen LogP contribution in [0.4, 0.5) is 0 Å². The number of aromatic nitrogens is 5. The SMILES string of the molecule is c1ccc(-n2nccc2-c2nccn2CC(c2ccccn2)N2CCOCC2)cc1. The molecular weight excluding hydrogens is 376 g/mol. The molecule has 0 aliphatic carbocycles. The molecule has 3 aromatic heterocycles. The highest BCUT2D eigenvalue weighted by Gasteiger charge is 2.25. The van der Waals surface area contributed by atoms with Crippen molar-refractivity contribution in [2.75, 3.05) is 26.3 Å². The van der Waals surface area contributed by atoms with E-state index in [-0.39, 0.29) is 6.04 Å². The van der Waals surface area contributed by atoms with Gasteiger partial charge in [0.1, 0.15) is 5.69 Å². The second-order valence-corrected chi connectivity index (χ2v) is 7.29. The van der Waals surface area contributed by atoms with Gasteiger partial charge in [-0.25, -0.2) is 9.67 Å². The zero-order valence-electron chi connectivity index (χ0n) is 16.7. The molecule has 152 valence electrons. The van der Waals surface area contributed by atoms with Gasteiger partial charge in [-0.1, -0.05) is 24.3 Å². The molecule has 1 atom stereocenters. The van der Waals surface area contributed by atoms with Crippen LogP contribution in [0, 0.1) is 0 Å². The highest BCUT2D eigenvalue weighted by molar-refractivity contribution is 5.54. The number of benzene rings is 1. The first-order valence-electron chi connectivity index (χ1n) is 10.2. The van der Waals surface area contributed by atoms with Crippen LogP contribution in [0.1, 0.15) is 11.7 Å². The zero-order valence-corrected chi connectivity index (χ0v) is 16.7. The Morgan fingerprint density at radius 3 is 2.50 bits per heavy atom. The van der Waals surface area contributed by atoms with Crippen LogP contribution in [-0.4, -0.2) is 55.5 Å². The number of morpholine rings is 1. The van der Waals surface area contributed by atoms with Crippen LogP contribution in [-0.2, 0) is 11.3 Å². The van der Waals surface area contributed by atoms with E-state index in [9.17, 15) is 0 Å². The van der Waals surface area contributed by atoms with Crippen molar-refractivity contribution in [2.45, 2.75) is 12.6 Å². The minimum absolute atomic E-state index is 0.149. The van der Waals surface area contributed by atoms with Gasteiger partial charge in [0.15, 0.2) is 5.82 Å². The van der Waals surface area contributed by atoms with E-state index in [0.29, 0.717) is 0 Å². The first kappa shape index (κ1) is 18.7. The summed E-state index contributed by atoms with van der Waals surface area (Å²) in [7, 11) is 0. The van der Waals surface area contributed by atoms with Gasteiger partial charge in [0.05, 0.1) is 36.8 Å². The predicted molar refractivity (Wildman–Crippen MR) is 114 cm³/mol. The summed E-state index contributed by atoms with van der Waals surface area (Å²) in [5.74, 6) is 0.894. The molecule has 0 N–H and O–H groups in total. The third-order valence-corrected chi connectivity index (χ3v) is 5.47. The van der Waals surface area contributed by atoms with Gasteiger partial charge in [0.25, 0.3) is 0 Å². The Kier molecular flexibility index (Phi) is 5.37. The summed E-state index contributed by atoms with van der Waals surface area (Å²) in [5.41, 5.74) is 3.05. The summed E-state index contributed by atoms with van der Waals surface area (Å²) in [6.07, 6.45) is 7.57. The second-order valence-electron chi connectivity index (χ2n) is 7.29. The topological polar surface area (TPSA) is 61.0 Å². The van der Waals surface area contributed by atoms with E-state index in [1.807, 2.05) is 71.9 Å². The van der Waals surface area contributed by atoms with Gasteiger partial charge in [-0.05, 0) is 30.3 Å². The molecule has 0 amide bonds. The van der Waals surface area contributed by atoms with Gasteiger partial charge in [0.2, 0.25) is 0 Å². The predicted octanol–water partition coefficient (Wildman–Crippen LogP) is 3.20. The summed E-state index contributed by atoms with van der Waals surface area (Å²) < 4.78 is 9.71. The number of para-hydroxylation sites is 1. The van der Waals surface area contributed by atoms with Gasteiger partial charge >= 0.3 is 0 Å². The number of pyridine rings is 1. The fourth-order valence-electron chi connectivity index (χ4n) is 3.98. The lowest BCUT2D eigenvalue weighted by Gasteiger charge is -2.34. The quantitative estimate of drug-likeness (QED) is 0.497. The highest BCUT2D eigenvalue weighted by Crippen LogP contribution is 2.26. The molecule has 1 fully saturated rings. The molecule has 1 unspecified atom stereocenters. The third kappa shape index (κ3) is 3.77. The van der Waals surface area contributed by atoms with E-state index in [0.717, 1.165) is 55.7 Å². The number of imidazole rings is 1. The van der Waals surface area contributed by atoms with Crippen LogP contribution < -0.4 is 0 Å². The van der Waals surface area contributed by atoms with Crippen LogP contribution in [0.5, 0.6) is 0 Å². The molecule has 1 aliphatic rings. The summed E-state index contributed by atoms with van der Waals surface area (Å²) in [6.45, 7) is 4.05. The Hall–Kier alpha value is -3.29. The molecule has 5 rings (SSSR count). The van der Waals surface area contributed by atoms with E-state index in [4.69, 9.17) is 4.74 Å². The molecule has 4 heterocycles. The largest absolute Gasteiger partial charge is 0.379 e. The van der Waals surface area contributed by atoms with Crippen molar-refractivity contribution >= 4 is 0 Å². The molecule has 1 saturated heterocycles. The van der Waals surface area contributed by atoms with Crippen molar-refractivity contribution in [1.29, 1.82) is 0 Å². The van der Waals surface area contributed by atoms with E-state index in [1.165, 1.54) is 0 Å². The molecule has 4 aromatic rings. The van der Waals surface area contributed by atoms with Gasteiger partial charge in [-0.15, -0.1) is 0 Å². The molecule has 1 aromatic carbocycles. The summed E-state index contributed by atoms with van der Waals surface area (Å²) in [4.78, 5) is 11.8. The highest BCUT2D eigenvalue weighted by atomic mass is 16.5. The number of ether oxygens (including phenoxy) is 1. The minimum atomic E-state index is 0.149. The number of hydrogen-bond donors (Lipinski definition) is 0. The maximum absolute atomic E-state index is 5.58. The lowest BCUT2D eigenvalue weighted by molar-refractivity contribution is 0.0115. The average molecular weight is 400 g/mol. The van der Waals surface area contributed by atoms with Crippen molar-refractivity contribution in [1.82, 2.24) is 29.2 Å². The Morgan fingerprint density at radius 2 is 1.70 bits per heavy atom. The maximum atomic E-state index is 5.58. The van der Waals surface area contributed by atoms with Gasteiger partial charge < -0.3 is 9.30 Å². The van der Waals surface area contributed by atoms with Crippen molar-refractivity contribution in [3.05, 3.63) is 85.1 Å². The maximum Gasteiger partial charge on any atom is 0.158 e. The molecule has 0 bridgehead atoms. The van der Waals surface area contributed by atoms with Crippen LogP contribution in [0.2, 0.25) is 0 Å².